The molecule has 2 aromatic heterocycles. The highest BCUT2D eigenvalue weighted by Gasteiger charge is 2.37. The van der Waals surface area contributed by atoms with Gasteiger partial charge in [-0.25, -0.2) is 4.98 Å². The molecule has 8 unspecified atom stereocenters. The first kappa shape index (κ1) is 70.5. The molecule has 1 aliphatic carbocycles. The van der Waals surface area contributed by atoms with Gasteiger partial charge in [0.05, 0.1) is 16.9 Å². The molecule has 85 heavy (non-hydrogen) atoms. The summed E-state index contributed by atoms with van der Waals surface area (Å²) < 4.78 is 7.54. The number of nitrogens with zero attached hydrogens (tertiary/aromatic N) is 4. The normalized spacial score (nSPS) is 18.2. The van der Waals surface area contributed by atoms with Crippen LogP contribution in [0.1, 0.15) is 209 Å². The Labute approximate surface area is 514 Å². The first-order valence-electron chi connectivity index (χ1n) is 31.7. The third-order valence-corrected chi connectivity index (χ3v) is 19.6. The van der Waals surface area contributed by atoms with Crippen LogP contribution in [-0.2, 0) is 41.7 Å². The number of aliphatic carboxylic acids is 1. The number of aromatic nitrogens is 2. The molecule has 9 N–H and O–H groups in total. The summed E-state index contributed by atoms with van der Waals surface area (Å²) >= 11 is 2.95. The second-order valence-corrected chi connectivity index (χ2v) is 26.6. The molecular formula is C64H103N9O10S2. The maximum absolute atomic E-state index is 14.3. The molecule has 1 saturated heterocycles. The first-order chi connectivity index (χ1) is 40.7. The fourth-order valence-electron chi connectivity index (χ4n) is 11.7. The van der Waals surface area contributed by atoms with E-state index in [4.69, 9.17) is 15.5 Å². The number of nitrogens with one attached hydrogen (secondary N) is 4. The predicted octanol–water partition coefficient (Wildman–Crippen LogP) is 10.6. The Morgan fingerprint density at radius 3 is 2.15 bits per heavy atom. The minimum atomic E-state index is -0.999. The number of ether oxygens (including phenoxy) is 1. The van der Waals surface area contributed by atoms with Crippen LogP contribution in [-0.4, -0.2) is 140 Å². The Hall–Kier alpha value is -5.22. The Bertz CT molecular complexity index is 2530. The lowest BCUT2D eigenvalue weighted by molar-refractivity contribution is -0.141. The number of methoxy groups -OCH3 is 1. The number of carbonyl (C=O) groups excluding carboxylic acids is 5. The van der Waals surface area contributed by atoms with Crippen LogP contribution in [0, 0.1) is 17.8 Å². The van der Waals surface area contributed by atoms with Gasteiger partial charge in [-0.05, 0) is 120 Å². The number of likely N-dealkylation sites (N-methyl/N-ethyl adjacent to an activating group) is 2. The summed E-state index contributed by atoms with van der Waals surface area (Å²) in [5.41, 5.74) is 7.22. The number of thiazole rings is 1. The van der Waals surface area contributed by atoms with Gasteiger partial charge in [0.2, 0.25) is 29.5 Å². The van der Waals surface area contributed by atoms with Crippen molar-refractivity contribution >= 4 is 64.3 Å². The molecule has 5 rings (SSSR count). The second-order valence-electron chi connectivity index (χ2n) is 24.4. The topological polar surface area (TPSA) is 271 Å². The number of carboxylic acid groups (broad SMARTS) is 1. The third-order valence-electron chi connectivity index (χ3n) is 17.3. The molecule has 1 aliphatic heterocycles. The van der Waals surface area contributed by atoms with Gasteiger partial charge in [0.15, 0.2) is 5.88 Å². The predicted molar refractivity (Wildman–Crippen MR) is 338 cm³/mol. The zero-order chi connectivity index (χ0) is 62.0. The van der Waals surface area contributed by atoms with E-state index in [0.717, 1.165) is 49.1 Å². The number of likely N-dealkylation sites (tertiary alicyclic amines) is 1. The quantitative estimate of drug-likeness (QED) is 0.0264. The Balaban J connectivity index is 1.15. The first-order valence-corrected chi connectivity index (χ1v) is 33.5. The van der Waals surface area contributed by atoms with E-state index in [1.54, 1.807) is 65.9 Å². The molecule has 1 aromatic carbocycles. The highest BCUT2D eigenvalue weighted by molar-refractivity contribution is 8.00. The number of amides is 5. The van der Waals surface area contributed by atoms with Crippen LogP contribution in [0.2, 0.25) is 0 Å². The standard InChI is InChI=1S/C64H103N9O10S2/c1-9-43(4)57(70-60(78)51-28-21-24-35-71(51)6)63(80)72(7)52(42(2)3)39-53(83-8)61-69-50(41-84-61)59(77)67-47(37-44(5)64(81)82)38-45-30-32-46(33-31-45)66-58(76)49(27-20-22-34-65)68-55(74)29-19-16-23-36-73-56(75)40-54(62(73)79)85-48-25-17-14-12-10-11-13-15-18-26-48/h30-33,40-44,47-49,51-53,57,75,79H,9-29,34-39,65H2,1-8H3,(H,66,76)(H,67,77)(H,68,74)(H,70,78)(H,81,82). The van der Waals surface area contributed by atoms with Gasteiger partial charge in [-0.15, -0.1) is 23.1 Å². The Morgan fingerprint density at radius 1 is 0.859 bits per heavy atom. The molecule has 0 radical (unpaired) electrons. The van der Waals surface area contributed by atoms with Crippen LogP contribution in [0.5, 0.6) is 11.8 Å². The number of benzene rings is 1. The van der Waals surface area contributed by atoms with E-state index < -0.39 is 42.0 Å². The second kappa shape index (κ2) is 36.8. The SMILES string of the molecule is CCC(C)C(NC(=O)C1CCCCN1C)C(=O)N(C)C(CC(OC)c1nc(C(=O)NC(Cc2ccc(NC(=O)C(CCCCN)NC(=O)CCCCCn3c(O)cc(SC4CCCCCCCCCC4)c3O)cc2)CC(C)C(=O)O)cs1)C(C)C. The van der Waals surface area contributed by atoms with Crippen molar-refractivity contribution in [3.05, 3.63) is 52.0 Å². The lowest BCUT2D eigenvalue weighted by Crippen LogP contribution is -2.58. The number of carboxylic acids is 1. The Kier molecular flexibility index (Phi) is 30.6. The largest absolute Gasteiger partial charge is 0.494 e. The van der Waals surface area contributed by atoms with E-state index in [2.05, 4.69) is 26.2 Å². The maximum Gasteiger partial charge on any atom is 0.306 e. The molecule has 2 aliphatic rings. The van der Waals surface area contributed by atoms with E-state index in [0.29, 0.717) is 80.4 Å². The number of nitrogens with two attached hydrogens (primary N) is 1. The molecule has 3 heterocycles. The van der Waals surface area contributed by atoms with Crippen LogP contribution in [0.3, 0.4) is 0 Å². The van der Waals surface area contributed by atoms with Crippen molar-refractivity contribution < 1.29 is 48.8 Å². The van der Waals surface area contributed by atoms with E-state index in [1.165, 1.54) is 62.7 Å². The van der Waals surface area contributed by atoms with E-state index >= 15 is 0 Å². The number of anilines is 1. The molecule has 3 aromatic rings. The number of piperidine rings is 1. The fraction of sp³-hybridized carbons (Fsp3) is 0.703. The molecule has 5 amide bonds. The van der Waals surface area contributed by atoms with Crippen molar-refractivity contribution in [3.63, 3.8) is 0 Å². The van der Waals surface area contributed by atoms with Gasteiger partial charge in [-0.2, -0.15) is 0 Å². The van der Waals surface area contributed by atoms with Crippen LogP contribution in [0.15, 0.2) is 40.6 Å². The number of unbranched alkanes of at least 4 members (excludes halogenated alkanes) is 3. The molecule has 0 spiro atoms. The van der Waals surface area contributed by atoms with Gasteiger partial charge in [-0.1, -0.05) is 117 Å². The summed E-state index contributed by atoms with van der Waals surface area (Å²) in [7, 11) is 5.29. The van der Waals surface area contributed by atoms with Crippen molar-refractivity contribution in [1.82, 2.24) is 35.3 Å². The van der Waals surface area contributed by atoms with Gasteiger partial charge in [0.1, 0.15) is 28.9 Å². The Morgan fingerprint density at radius 2 is 1.53 bits per heavy atom. The zero-order valence-electron chi connectivity index (χ0n) is 52.2. The average molecular weight is 1220 g/mol. The monoisotopic (exact) mass is 1220 g/mol. The molecule has 8 atom stereocenters. The lowest BCUT2D eigenvalue weighted by Gasteiger charge is -2.38. The molecule has 21 heteroatoms. The van der Waals surface area contributed by atoms with Crippen molar-refractivity contribution in [2.75, 3.05) is 39.6 Å². The van der Waals surface area contributed by atoms with E-state index in [1.807, 2.05) is 46.9 Å². The van der Waals surface area contributed by atoms with Gasteiger partial charge in [0.25, 0.3) is 5.91 Å². The molecule has 0 bridgehead atoms. The number of carbonyl (C=O) groups is 6. The minimum absolute atomic E-state index is 0.00727. The van der Waals surface area contributed by atoms with E-state index in [9.17, 15) is 44.1 Å². The summed E-state index contributed by atoms with van der Waals surface area (Å²) in [5.74, 6) is -3.13. The molecular weight excluding hydrogens is 1120 g/mol. The van der Waals surface area contributed by atoms with Crippen molar-refractivity contribution in [1.29, 1.82) is 0 Å². The summed E-state index contributed by atoms with van der Waals surface area (Å²) in [6.45, 7) is 11.4. The zero-order valence-corrected chi connectivity index (χ0v) is 53.8. The molecule has 2 fully saturated rings. The third kappa shape index (κ3) is 22.8. The minimum Gasteiger partial charge on any atom is -0.494 e. The van der Waals surface area contributed by atoms with Gasteiger partial charge >= 0.3 is 5.97 Å². The summed E-state index contributed by atoms with van der Waals surface area (Å²) in [6.07, 6.45) is 19.8. The number of hydrogen-bond donors (Lipinski definition) is 8. The summed E-state index contributed by atoms with van der Waals surface area (Å²) in [4.78, 5) is 90.2. The van der Waals surface area contributed by atoms with Gasteiger partial charge < -0.3 is 52.0 Å². The van der Waals surface area contributed by atoms with E-state index in [-0.39, 0.29) is 84.3 Å². The van der Waals surface area contributed by atoms with Crippen molar-refractivity contribution in [3.8, 4) is 11.8 Å². The van der Waals surface area contributed by atoms with Crippen molar-refractivity contribution in [2.24, 2.45) is 23.5 Å². The summed E-state index contributed by atoms with van der Waals surface area (Å²) in [6, 6.07) is 6.08. The number of thioether (sulfide) groups is 1. The molecule has 19 nitrogen and oxygen atoms in total. The number of hydrogen-bond acceptors (Lipinski definition) is 14. The average Bonchev–Trinajstić information content (AvgIpc) is 3.99. The smallest absolute Gasteiger partial charge is 0.306 e. The van der Waals surface area contributed by atoms with Crippen LogP contribution in [0.4, 0.5) is 5.69 Å². The summed E-state index contributed by atoms with van der Waals surface area (Å²) in [5, 5.41) is 46.4. The lowest BCUT2D eigenvalue weighted by atomic mass is 9.92. The highest BCUT2D eigenvalue weighted by atomic mass is 32.2. The fourth-order valence-corrected chi connectivity index (χ4v) is 13.9. The van der Waals surface area contributed by atoms with Crippen molar-refractivity contribution in [2.45, 2.75) is 242 Å². The molecule has 476 valence electrons. The van der Waals surface area contributed by atoms with Gasteiger partial charge in [0, 0.05) is 68.0 Å². The number of rotatable bonds is 33. The number of aromatic hydroxyl groups is 2. The maximum atomic E-state index is 14.3. The van der Waals surface area contributed by atoms with Gasteiger partial charge in [-0.3, -0.25) is 38.2 Å². The van der Waals surface area contributed by atoms with Crippen LogP contribution >= 0.6 is 23.1 Å². The van der Waals surface area contributed by atoms with Crippen LogP contribution < -0.4 is 27.0 Å². The highest BCUT2D eigenvalue weighted by Crippen LogP contribution is 2.41. The van der Waals surface area contributed by atoms with Crippen LogP contribution in [0.25, 0.3) is 0 Å². The molecule has 1 saturated carbocycles.